The van der Waals surface area contributed by atoms with Gasteiger partial charge in [-0.3, -0.25) is 4.79 Å². The molecule has 35 heavy (non-hydrogen) atoms. The van der Waals surface area contributed by atoms with Crippen molar-refractivity contribution in [1.82, 2.24) is 14.3 Å². The van der Waals surface area contributed by atoms with Crippen LogP contribution in [0.1, 0.15) is 28.4 Å². The Morgan fingerprint density at radius 3 is 2.20 bits per heavy atom. The highest BCUT2D eigenvalue weighted by Crippen LogP contribution is 2.28. The molecular weight excluding hydrogens is 456 g/mol. The molecule has 2 heterocycles. The topological polar surface area (TPSA) is 58.6 Å². The lowest BCUT2D eigenvalue weighted by Crippen LogP contribution is -2.50. The van der Waals surface area contributed by atoms with Gasteiger partial charge < -0.3 is 14.5 Å². The molecule has 0 radical (unpaired) electrons. The van der Waals surface area contributed by atoms with Crippen molar-refractivity contribution in [3.8, 4) is 5.75 Å². The third kappa shape index (κ3) is 5.35. The Morgan fingerprint density at radius 2 is 1.57 bits per heavy atom. The molecule has 0 saturated carbocycles. The van der Waals surface area contributed by atoms with Crippen LogP contribution in [0.3, 0.4) is 0 Å². The average molecular weight is 485 g/mol. The third-order valence-electron chi connectivity index (χ3n) is 6.33. The largest absolute Gasteiger partial charge is 0.497 e. The van der Waals surface area contributed by atoms with Gasteiger partial charge in [-0.05, 0) is 28.8 Å². The van der Waals surface area contributed by atoms with Crippen molar-refractivity contribution < 1.29 is 9.53 Å². The summed E-state index contributed by atoms with van der Waals surface area (Å²) in [4.78, 5) is 22.7. The van der Waals surface area contributed by atoms with Crippen LogP contribution in [0, 0.1) is 0 Å². The van der Waals surface area contributed by atoms with Gasteiger partial charge in [0.15, 0.2) is 0 Å². The number of benzene rings is 3. The zero-order valence-electron chi connectivity index (χ0n) is 19.7. The minimum atomic E-state index is -0.292. The molecule has 6 nitrogen and oxygen atoms in total. The number of carbonyl (C=O) groups excluding carboxylic acids is 1. The Balaban J connectivity index is 1.25. The highest BCUT2D eigenvalue weighted by Gasteiger charge is 2.30. The van der Waals surface area contributed by atoms with E-state index >= 15 is 0 Å². The molecule has 0 unspecified atom stereocenters. The maximum atomic E-state index is 13.7. The van der Waals surface area contributed by atoms with Gasteiger partial charge in [-0.1, -0.05) is 72.8 Å². The smallest absolute Gasteiger partial charge is 0.234 e. The number of ether oxygens (including phenoxy) is 1. The highest BCUT2D eigenvalue weighted by atomic mass is 32.1. The van der Waals surface area contributed by atoms with Crippen LogP contribution in [0.15, 0.2) is 84.9 Å². The fourth-order valence-corrected chi connectivity index (χ4v) is 5.22. The Hall–Kier alpha value is -3.71. The van der Waals surface area contributed by atoms with Crippen LogP contribution >= 0.6 is 11.5 Å². The SMILES string of the molecule is COc1cccc(Cc2nsc(N3CCN(C(=O)C(c4ccccc4)c4ccccc4)CC3)n2)c1. The second-order valence-corrected chi connectivity index (χ2v) is 9.32. The fraction of sp³-hybridized carbons (Fsp3) is 0.250. The number of methoxy groups -OCH3 is 1. The second-order valence-electron chi connectivity index (χ2n) is 8.59. The van der Waals surface area contributed by atoms with Crippen LogP contribution in [0.25, 0.3) is 0 Å². The Morgan fingerprint density at radius 1 is 0.914 bits per heavy atom. The summed E-state index contributed by atoms with van der Waals surface area (Å²) in [6, 6.07) is 28.1. The van der Waals surface area contributed by atoms with Crippen molar-refractivity contribution in [2.24, 2.45) is 0 Å². The van der Waals surface area contributed by atoms with Crippen molar-refractivity contribution in [3.05, 3.63) is 107 Å². The van der Waals surface area contributed by atoms with E-state index in [-0.39, 0.29) is 11.8 Å². The van der Waals surface area contributed by atoms with Crippen LogP contribution in [-0.4, -0.2) is 53.5 Å². The molecule has 1 amide bonds. The second kappa shape index (κ2) is 10.7. The summed E-state index contributed by atoms with van der Waals surface area (Å²) in [5.41, 5.74) is 3.17. The van der Waals surface area contributed by atoms with E-state index in [4.69, 9.17) is 9.72 Å². The molecule has 7 heteroatoms. The van der Waals surface area contributed by atoms with Crippen LogP contribution < -0.4 is 9.64 Å². The van der Waals surface area contributed by atoms with E-state index in [1.54, 1.807) is 7.11 Å². The van der Waals surface area contributed by atoms with E-state index in [0.29, 0.717) is 19.5 Å². The predicted molar refractivity (Wildman–Crippen MR) is 139 cm³/mol. The Bertz CT molecular complexity index is 1210. The minimum Gasteiger partial charge on any atom is -0.497 e. The number of rotatable bonds is 7. The van der Waals surface area contributed by atoms with Gasteiger partial charge in [0.1, 0.15) is 11.6 Å². The lowest BCUT2D eigenvalue weighted by Gasteiger charge is -2.36. The van der Waals surface area contributed by atoms with Crippen molar-refractivity contribution in [2.75, 3.05) is 38.2 Å². The first-order valence-electron chi connectivity index (χ1n) is 11.8. The van der Waals surface area contributed by atoms with Gasteiger partial charge in [-0.25, -0.2) is 4.98 Å². The number of carbonyl (C=O) groups is 1. The number of nitrogens with zero attached hydrogens (tertiary/aromatic N) is 4. The lowest BCUT2D eigenvalue weighted by molar-refractivity contribution is -0.132. The molecule has 1 aliphatic rings. The van der Waals surface area contributed by atoms with Gasteiger partial charge in [-0.2, -0.15) is 4.37 Å². The van der Waals surface area contributed by atoms with Gasteiger partial charge >= 0.3 is 0 Å². The molecule has 1 saturated heterocycles. The first-order valence-corrected chi connectivity index (χ1v) is 12.6. The predicted octanol–water partition coefficient (Wildman–Crippen LogP) is 4.62. The monoisotopic (exact) mass is 484 g/mol. The van der Waals surface area contributed by atoms with Crippen molar-refractivity contribution >= 4 is 22.6 Å². The van der Waals surface area contributed by atoms with E-state index in [2.05, 4.69) is 15.3 Å². The molecule has 0 spiro atoms. The van der Waals surface area contributed by atoms with E-state index in [1.807, 2.05) is 83.8 Å². The minimum absolute atomic E-state index is 0.151. The number of hydrogen-bond acceptors (Lipinski definition) is 6. The maximum absolute atomic E-state index is 13.7. The standard InChI is InChI=1S/C28H28N4O2S/c1-34-24-14-8-9-21(19-24)20-25-29-28(35-30-25)32-17-15-31(16-18-32)27(33)26(22-10-4-2-5-11-22)23-12-6-3-7-13-23/h2-14,19,26H,15-18,20H2,1H3. The summed E-state index contributed by atoms with van der Waals surface area (Å²) in [5, 5.41) is 0.915. The third-order valence-corrected chi connectivity index (χ3v) is 7.14. The molecule has 3 aromatic carbocycles. The quantitative estimate of drug-likeness (QED) is 0.383. The number of anilines is 1. The van der Waals surface area contributed by atoms with Gasteiger partial charge in [0.2, 0.25) is 11.0 Å². The fourth-order valence-electron chi connectivity index (χ4n) is 4.48. The molecule has 0 atom stereocenters. The zero-order valence-corrected chi connectivity index (χ0v) is 20.5. The average Bonchev–Trinajstić information content (AvgIpc) is 3.38. The number of aromatic nitrogens is 2. The number of piperazine rings is 1. The summed E-state index contributed by atoms with van der Waals surface area (Å²) in [6.45, 7) is 2.82. The summed E-state index contributed by atoms with van der Waals surface area (Å²) >= 11 is 1.43. The van der Waals surface area contributed by atoms with Crippen LogP contribution in [-0.2, 0) is 11.2 Å². The van der Waals surface area contributed by atoms with Gasteiger partial charge in [-0.15, -0.1) is 0 Å². The van der Waals surface area contributed by atoms with E-state index in [9.17, 15) is 4.79 Å². The molecular formula is C28H28N4O2S. The van der Waals surface area contributed by atoms with Crippen molar-refractivity contribution in [1.29, 1.82) is 0 Å². The Labute approximate surface area is 210 Å². The first-order chi connectivity index (χ1) is 17.2. The maximum Gasteiger partial charge on any atom is 0.234 e. The molecule has 4 aromatic rings. The summed E-state index contributed by atoms with van der Waals surface area (Å²) < 4.78 is 9.89. The molecule has 5 rings (SSSR count). The molecule has 0 bridgehead atoms. The normalized spacial score (nSPS) is 13.8. The zero-order chi connectivity index (χ0) is 24.0. The molecule has 0 N–H and O–H groups in total. The van der Waals surface area contributed by atoms with Crippen LogP contribution in [0.2, 0.25) is 0 Å². The molecule has 1 aliphatic heterocycles. The first kappa shape index (κ1) is 23.1. The van der Waals surface area contributed by atoms with Gasteiger partial charge in [0, 0.05) is 44.1 Å². The summed E-state index contributed by atoms with van der Waals surface area (Å²) in [6.07, 6.45) is 0.669. The van der Waals surface area contributed by atoms with Gasteiger partial charge in [0.05, 0.1) is 13.0 Å². The highest BCUT2D eigenvalue weighted by molar-refractivity contribution is 7.09. The van der Waals surface area contributed by atoms with E-state index < -0.39 is 0 Å². The van der Waals surface area contributed by atoms with Crippen molar-refractivity contribution in [2.45, 2.75) is 12.3 Å². The van der Waals surface area contributed by atoms with E-state index in [1.165, 1.54) is 11.5 Å². The molecule has 1 fully saturated rings. The van der Waals surface area contributed by atoms with E-state index in [0.717, 1.165) is 46.5 Å². The van der Waals surface area contributed by atoms with Crippen LogP contribution in [0.5, 0.6) is 5.75 Å². The molecule has 0 aliphatic carbocycles. The van der Waals surface area contributed by atoms with Crippen molar-refractivity contribution in [3.63, 3.8) is 0 Å². The molecule has 178 valence electrons. The molecule has 1 aromatic heterocycles. The summed E-state index contributed by atoms with van der Waals surface area (Å²) in [7, 11) is 1.67. The van der Waals surface area contributed by atoms with Gasteiger partial charge in [0.25, 0.3) is 0 Å². The number of amides is 1. The number of hydrogen-bond donors (Lipinski definition) is 0. The Kier molecular flexibility index (Phi) is 7.04. The van der Waals surface area contributed by atoms with Crippen LogP contribution in [0.4, 0.5) is 5.13 Å². The summed E-state index contributed by atoms with van der Waals surface area (Å²) in [5.74, 6) is 1.51. The lowest BCUT2D eigenvalue weighted by atomic mass is 9.90.